The largest absolute Gasteiger partial charge is 0.481 e. The van der Waals surface area contributed by atoms with E-state index in [9.17, 15) is 24.9 Å². The third kappa shape index (κ3) is 7.90. The lowest BCUT2D eigenvalue weighted by Crippen LogP contribution is -2.59. The molecule has 5 N–H and O–H groups in total. The molecule has 1 aliphatic heterocycles. The number of ether oxygens (including phenoxy) is 2. The number of aliphatic carboxylic acids is 1. The maximum absolute atomic E-state index is 11.5. The Morgan fingerprint density at radius 3 is 2.31 bits per heavy atom. The van der Waals surface area contributed by atoms with Gasteiger partial charge in [-0.3, -0.25) is 9.59 Å². The van der Waals surface area contributed by atoms with Crippen molar-refractivity contribution < 1.29 is 44.6 Å². The monoisotopic (exact) mass is 376 g/mol. The van der Waals surface area contributed by atoms with E-state index in [2.05, 4.69) is 0 Å². The number of Topliss-reactive ketones (excluding diaryl/α,β-unsaturated/α-hetero) is 1. The summed E-state index contributed by atoms with van der Waals surface area (Å²) in [5, 5.41) is 46.7. The highest BCUT2D eigenvalue weighted by Crippen LogP contribution is 2.22. The standard InChI is InChI=1S/C17H28O9/c18-10-12-14(22)15(23)16(24)17(26-12)25-9-4-2-1-3-6-11(19)7-5-8-13(20)21/h1-2,12,14-18,22-24H,3-10H2,(H,20,21). The van der Waals surface area contributed by atoms with Crippen LogP contribution < -0.4 is 0 Å². The molecule has 1 saturated heterocycles. The molecule has 26 heavy (non-hydrogen) atoms. The normalized spacial score (nSPS) is 29.2. The van der Waals surface area contributed by atoms with E-state index in [-0.39, 0.29) is 25.2 Å². The minimum atomic E-state index is -1.46. The van der Waals surface area contributed by atoms with Gasteiger partial charge in [0.1, 0.15) is 30.2 Å². The SMILES string of the molecule is O=C(O)CCCC(=O)CCC=CCCOC1OC(CO)C(O)C(O)C1O. The third-order valence-corrected chi connectivity index (χ3v) is 4.02. The van der Waals surface area contributed by atoms with Crippen LogP contribution in [-0.4, -0.2) is 81.2 Å². The van der Waals surface area contributed by atoms with Crippen LogP contribution in [0.1, 0.15) is 38.5 Å². The molecule has 150 valence electrons. The van der Waals surface area contributed by atoms with Gasteiger partial charge in [0.25, 0.3) is 0 Å². The van der Waals surface area contributed by atoms with Gasteiger partial charge in [0.15, 0.2) is 6.29 Å². The van der Waals surface area contributed by atoms with Gasteiger partial charge < -0.3 is 35.0 Å². The predicted octanol–water partition coefficient (Wildman–Crippen LogP) is -0.647. The van der Waals surface area contributed by atoms with Crippen molar-refractivity contribution in [3.63, 3.8) is 0 Å². The number of hydrogen-bond acceptors (Lipinski definition) is 8. The van der Waals surface area contributed by atoms with Crippen LogP contribution in [-0.2, 0) is 19.1 Å². The van der Waals surface area contributed by atoms with Gasteiger partial charge in [-0.1, -0.05) is 12.2 Å². The Morgan fingerprint density at radius 2 is 1.65 bits per heavy atom. The number of carbonyl (C=O) groups excluding carboxylic acids is 1. The van der Waals surface area contributed by atoms with Crippen LogP contribution in [0.4, 0.5) is 0 Å². The summed E-state index contributed by atoms with van der Waals surface area (Å²) in [7, 11) is 0. The Hall–Kier alpha value is -1.36. The van der Waals surface area contributed by atoms with Gasteiger partial charge in [0.05, 0.1) is 13.2 Å². The summed E-state index contributed by atoms with van der Waals surface area (Å²) in [6.45, 7) is -0.322. The predicted molar refractivity (Wildman–Crippen MR) is 89.2 cm³/mol. The lowest BCUT2D eigenvalue weighted by atomic mass is 9.99. The van der Waals surface area contributed by atoms with E-state index in [4.69, 9.17) is 19.7 Å². The van der Waals surface area contributed by atoms with Crippen molar-refractivity contribution >= 4 is 11.8 Å². The minimum Gasteiger partial charge on any atom is -0.481 e. The van der Waals surface area contributed by atoms with Crippen molar-refractivity contribution in [3.8, 4) is 0 Å². The molecule has 0 radical (unpaired) electrons. The van der Waals surface area contributed by atoms with Crippen LogP contribution in [0.15, 0.2) is 12.2 Å². The molecule has 1 aliphatic rings. The highest BCUT2D eigenvalue weighted by molar-refractivity contribution is 5.79. The zero-order chi connectivity index (χ0) is 19.5. The number of carbonyl (C=O) groups is 2. The van der Waals surface area contributed by atoms with E-state index >= 15 is 0 Å². The molecule has 1 rings (SSSR count). The molecule has 1 heterocycles. The summed E-state index contributed by atoms with van der Waals surface area (Å²) in [4.78, 5) is 21.9. The number of carboxylic acid groups (broad SMARTS) is 1. The lowest BCUT2D eigenvalue weighted by Gasteiger charge is -2.39. The lowest BCUT2D eigenvalue weighted by molar-refractivity contribution is -0.300. The molecule has 9 nitrogen and oxygen atoms in total. The average Bonchev–Trinajstić information content (AvgIpc) is 2.60. The second-order valence-electron chi connectivity index (χ2n) is 6.15. The second-order valence-corrected chi connectivity index (χ2v) is 6.15. The van der Waals surface area contributed by atoms with E-state index in [1.807, 2.05) is 6.08 Å². The Kier molecular flexibility index (Phi) is 10.6. The Labute approximate surface area is 151 Å². The van der Waals surface area contributed by atoms with E-state index in [1.165, 1.54) is 0 Å². The molecule has 0 aromatic carbocycles. The summed E-state index contributed by atoms with van der Waals surface area (Å²) >= 11 is 0. The fraction of sp³-hybridized carbons (Fsp3) is 0.765. The third-order valence-electron chi connectivity index (χ3n) is 4.02. The molecule has 0 aromatic rings. The van der Waals surface area contributed by atoms with E-state index in [0.29, 0.717) is 25.7 Å². The molecular formula is C17H28O9. The van der Waals surface area contributed by atoms with Gasteiger partial charge in [-0.15, -0.1) is 0 Å². The number of aliphatic hydroxyl groups is 4. The highest BCUT2D eigenvalue weighted by atomic mass is 16.7. The first kappa shape index (κ1) is 22.7. The Morgan fingerprint density at radius 1 is 0.962 bits per heavy atom. The summed E-state index contributed by atoms with van der Waals surface area (Å²) in [6.07, 6.45) is -0.826. The molecular weight excluding hydrogens is 348 g/mol. The first-order chi connectivity index (χ1) is 12.4. The van der Waals surface area contributed by atoms with Crippen molar-refractivity contribution in [1.29, 1.82) is 0 Å². The van der Waals surface area contributed by atoms with Crippen molar-refractivity contribution in [3.05, 3.63) is 12.2 Å². The van der Waals surface area contributed by atoms with Crippen LogP contribution in [0, 0.1) is 0 Å². The minimum absolute atomic E-state index is 0.00310. The molecule has 0 spiro atoms. The quantitative estimate of drug-likeness (QED) is 0.221. The average molecular weight is 376 g/mol. The van der Waals surface area contributed by atoms with Crippen LogP contribution in [0.2, 0.25) is 0 Å². The summed E-state index contributed by atoms with van der Waals surface area (Å²) in [5.41, 5.74) is 0. The summed E-state index contributed by atoms with van der Waals surface area (Å²) < 4.78 is 10.5. The van der Waals surface area contributed by atoms with Gasteiger partial charge >= 0.3 is 5.97 Å². The second kappa shape index (κ2) is 12.1. The summed E-state index contributed by atoms with van der Waals surface area (Å²) in [5.74, 6) is -0.884. The van der Waals surface area contributed by atoms with Crippen LogP contribution in [0.5, 0.6) is 0 Å². The molecule has 5 unspecified atom stereocenters. The zero-order valence-electron chi connectivity index (χ0n) is 14.6. The smallest absolute Gasteiger partial charge is 0.303 e. The fourth-order valence-electron chi connectivity index (χ4n) is 2.50. The van der Waals surface area contributed by atoms with Gasteiger partial charge in [-0.05, 0) is 19.3 Å². The van der Waals surface area contributed by atoms with Crippen molar-refractivity contribution in [1.82, 2.24) is 0 Å². The van der Waals surface area contributed by atoms with Crippen molar-refractivity contribution in [2.24, 2.45) is 0 Å². The first-order valence-corrected chi connectivity index (χ1v) is 8.67. The highest BCUT2D eigenvalue weighted by Gasteiger charge is 2.43. The van der Waals surface area contributed by atoms with E-state index in [0.717, 1.165) is 0 Å². The molecule has 0 aliphatic carbocycles. The fourth-order valence-corrected chi connectivity index (χ4v) is 2.50. The summed E-state index contributed by atoms with van der Waals surface area (Å²) in [6, 6.07) is 0. The molecule has 0 bridgehead atoms. The number of carboxylic acids is 1. The van der Waals surface area contributed by atoms with Crippen molar-refractivity contribution in [2.75, 3.05) is 13.2 Å². The van der Waals surface area contributed by atoms with Gasteiger partial charge in [0.2, 0.25) is 0 Å². The molecule has 0 saturated carbocycles. The molecule has 9 heteroatoms. The maximum atomic E-state index is 11.5. The molecule has 1 fully saturated rings. The number of hydrogen-bond donors (Lipinski definition) is 5. The Bertz CT molecular complexity index is 463. The van der Waals surface area contributed by atoms with Crippen LogP contribution in [0.3, 0.4) is 0 Å². The molecule has 5 atom stereocenters. The number of allylic oxidation sites excluding steroid dienone is 1. The topological polar surface area (TPSA) is 154 Å². The first-order valence-electron chi connectivity index (χ1n) is 8.67. The molecule has 0 aromatic heterocycles. The zero-order valence-corrected chi connectivity index (χ0v) is 14.6. The van der Waals surface area contributed by atoms with Gasteiger partial charge in [0, 0.05) is 19.3 Å². The van der Waals surface area contributed by atoms with Crippen molar-refractivity contribution in [2.45, 2.75) is 69.2 Å². The van der Waals surface area contributed by atoms with Crippen LogP contribution in [0.25, 0.3) is 0 Å². The number of ketones is 1. The Balaban J connectivity index is 2.16. The van der Waals surface area contributed by atoms with Gasteiger partial charge in [-0.2, -0.15) is 0 Å². The van der Waals surface area contributed by atoms with Gasteiger partial charge in [-0.25, -0.2) is 0 Å². The van der Waals surface area contributed by atoms with E-state index in [1.54, 1.807) is 6.08 Å². The maximum Gasteiger partial charge on any atom is 0.303 e. The number of rotatable bonds is 12. The molecule has 0 amide bonds. The number of aliphatic hydroxyl groups excluding tert-OH is 4. The van der Waals surface area contributed by atoms with E-state index < -0.39 is 43.3 Å². The van der Waals surface area contributed by atoms with Crippen LogP contribution >= 0.6 is 0 Å².